The van der Waals surface area contributed by atoms with E-state index in [1.807, 2.05) is 30.5 Å². The summed E-state index contributed by atoms with van der Waals surface area (Å²) in [4.78, 5) is 37.4. The van der Waals surface area contributed by atoms with E-state index in [0.29, 0.717) is 29.3 Å². The topological polar surface area (TPSA) is 132 Å². The highest BCUT2D eigenvalue weighted by molar-refractivity contribution is 6.00. The SMILES string of the molecule is CCOC(=O)C1=C(C)NC(=O)N[C@@H]1c1ccc(OCC(=O)N/N=C\c2cn(Cc3cccc(C)c3)c3ccccc23)c(OC)c1. The first-order valence-corrected chi connectivity index (χ1v) is 14.5. The van der Waals surface area contributed by atoms with E-state index in [1.165, 1.54) is 18.2 Å². The minimum absolute atomic E-state index is 0.190. The van der Waals surface area contributed by atoms with Crippen molar-refractivity contribution in [2.75, 3.05) is 20.3 Å². The molecule has 3 amide bonds. The molecule has 4 aromatic rings. The number of aromatic nitrogens is 1. The van der Waals surface area contributed by atoms with Crippen molar-refractivity contribution in [3.8, 4) is 11.5 Å². The van der Waals surface area contributed by atoms with Gasteiger partial charge in [-0.3, -0.25) is 4.79 Å². The number of hydrogen-bond donors (Lipinski definition) is 3. The molecule has 1 aromatic heterocycles. The summed E-state index contributed by atoms with van der Waals surface area (Å²) in [6.07, 6.45) is 3.63. The van der Waals surface area contributed by atoms with Gasteiger partial charge in [0.15, 0.2) is 18.1 Å². The molecule has 45 heavy (non-hydrogen) atoms. The van der Waals surface area contributed by atoms with E-state index in [1.54, 1.807) is 38.3 Å². The molecule has 0 spiro atoms. The lowest BCUT2D eigenvalue weighted by molar-refractivity contribution is -0.139. The number of methoxy groups -OCH3 is 1. The van der Waals surface area contributed by atoms with E-state index in [-0.39, 0.29) is 18.8 Å². The number of para-hydroxylation sites is 1. The average Bonchev–Trinajstić information content (AvgIpc) is 3.36. The minimum atomic E-state index is -0.763. The molecule has 1 atom stereocenters. The Morgan fingerprint density at radius 3 is 2.64 bits per heavy atom. The molecule has 0 saturated carbocycles. The summed E-state index contributed by atoms with van der Waals surface area (Å²) in [6.45, 7) is 6.00. The number of carbonyl (C=O) groups is 3. The summed E-state index contributed by atoms with van der Waals surface area (Å²) < 4.78 is 18.6. The molecule has 232 valence electrons. The van der Waals surface area contributed by atoms with Gasteiger partial charge in [-0.15, -0.1) is 0 Å². The molecule has 2 heterocycles. The first-order valence-electron chi connectivity index (χ1n) is 14.5. The van der Waals surface area contributed by atoms with Crippen molar-refractivity contribution in [2.24, 2.45) is 5.10 Å². The van der Waals surface area contributed by atoms with E-state index in [4.69, 9.17) is 14.2 Å². The van der Waals surface area contributed by atoms with Crippen LogP contribution in [0.4, 0.5) is 4.79 Å². The van der Waals surface area contributed by atoms with E-state index in [0.717, 1.165) is 16.5 Å². The number of fused-ring (bicyclic) bond motifs is 1. The van der Waals surface area contributed by atoms with Crippen molar-refractivity contribution in [1.82, 2.24) is 20.6 Å². The van der Waals surface area contributed by atoms with Crippen molar-refractivity contribution >= 4 is 35.0 Å². The lowest BCUT2D eigenvalue weighted by atomic mass is 9.95. The Kier molecular flexibility index (Phi) is 9.47. The molecule has 1 aliphatic heterocycles. The van der Waals surface area contributed by atoms with Crippen molar-refractivity contribution < 1.29 is 28.6 Å². The standard InChI is InChI=1S/C34H35N5O6/c1-5-44-33(41)31-22(3)36-34(42)37-32(31)24-13-14-28(29(16-24)43-4)45-20-30(40)38-35-17-25-19-39(27-12-7-6-11-26(25)27)18-23-10-8-9-21(2)15-23/h6-17,19,32H,5,18,20H2,1-4H3,(H,38,40)(H2,36,37,42)/b35-17-/t32-/m1/s1. The molecule has 0 aliphatic carbocycles. The molecule has 0 fully saturated rings. The van der Waals surface area contributed by atoms with Crippen LogP contribution in [0.1, 0.15) is 42.1 Å². The van der Waals surface area contributed by atoms with E-state index in [2.05, 4.69) is 56.9 Å². The number of nitrogens with one attached hydrogen (secondary N) is 3. The third-order valence-corrected chi connectivity index (χ3v) is 7.29. The molecule has 3 N–H and O–H groups in total. The fraction of sp³-hybridized carbons (Fsp3) is 0.235. The lowest BCUT2D eigenvalue weighted by Gasteiger charge is -2.28. The number of hydrogen-bond acceptors (Lipinski definition) is 7. The molecule has 11 nitrogen and oxygen atoms in total. The zero-order valence-corrected chi connectivity index (χ0v) is 25.5. The smallest absolute Gasteiger partial charge is 0.338 e. The fourth-order valence-corrected chi connectivity index (χ4v) is 5.27. The van der Waals surface area contributed by atoms with Gasteiger partial charge in [0.1, 0.15) is 0 Å². The zero-order valence-electron chi connectivity index (χ0n) is 25.5. The number of hydrazone groups is 1. The second kappa shape index (κ2) is 13.8. The van der Waals surface area contributed by atoms with Crippen LogP contribution >= 0.6 is 0 Å². The molecule has 0 bridgehead atoms. The number of ether oxygens (including phenoxy) is 3. The lowest BCUT2D eigenvalue weighted by Crippen LogP contribution is -2.45. The van der Waals surface area contributed by atoms with Crippen LogP contribution in [-0.4, -0.2) is 49.0 Å². The number of carbonyl (C=O) groups excluding carboxylic acids is 3. The van der Waals surface area contributed by atoms with Gasteiger partial charge in [-0.05, 0) is 50.1 Å². The van der Waals surface area contributed by atoms with Crippen molar-refractivity contribution in [2.45, 2.75) is 33.4 Å². The average molecular weight is 610 g/mol. The Balaban J connectivity index is 1.25. The first kappa shape index (κ1) is 30.9. The van der Waals surface area contributed by atoms with Gasteiger partial charge in [0, 0.05) is 34.9 Å². The maximum atomic E-state index is 12.6. The second-order valence-corrected chi connectivity index (χ2v) is 10.5. The summed E-state index contributed by atoms with van der Waals surface area (Å²) in [6, 6.07) is 20.2. The van der Waals surface area contributed by atoms with Crippen molar-refractivity contribution in [3.63, 3.8) is 0 Å². The summed E-state index contributed by atoms with van der Waals surface area (Å²) in [7, 11) is 1.46. The monoisotopic (exact) mass is 609 g/mol. The van der Waals surface area contributed by atoms with Crippen molar-refractivity contribution in [1.29, 1.82) is 0 Å². The summed E-state index contributed by atoms with van der Waals surface area (Å²) in [5.41, 5.74) is 8.10. The fourth-order valence-electron chi connectivity index (χ4n) is 5.27. The van der Waals surface area contributed by atoms with Gasteiger partial charge >= 0.3 is 12.0 Å². The second-order valence-electron chi connectivity index (χ2n) is 10.5. The largest absolute Gasteiger partial charge is 0.493 e. The number of esters is 1. The number of allylic oxidation sites excluding steroid dienone is 1. The minimum Gasteiger partial charge on any atom is -0.493 e. The predicted molar refractivity (Wildman–Crippen MR) is 170 cm³/mol. The third kappa shape index (κ3) is 7.15. The summed E-state index contributed by atoms with van der Waals surface area (Å²) in [5, 5.41) is 10.5. The highest BCUT2D eigenvalue weighted by atomic mass is 16.5. The number of benzene rings is 3. The van der Waals surface area contributed by atoms with Crippen LogP contribution < -0.4 is 25.5 Å². The molecule has 5 rings (SSSR count). The summed E-state index contributed by atoms with van der Waals surface area (Å²) in [5.74, 6) is -0.383. The van der Waals surface area contributed by atoms with Crippen LogP contribution in [0.15, 0.2) is 89.3 Å². The molecule has 0 saturated heterocycles. The third-order valence-electron chi connectivity index (χ3n) is 7.29. The van der Waals surface area contributed by atoms with Gasteiger partial charge in [0.25, 0.3) is 5.91 Å². The van der Waals surface area contributed by atoms with Crippen LogP contribution in [0.3, 0.4) is 0 Å². The first-order chi connectivity index (χ1) is 21.8. The predicted octanol–water partition coefficient (Wildman–Crippen LogP) is 4.73. The highest BCUT2D eigenvalue weighted by Crippen LogP contribution is 2.34. The van der Waals surface area contributed by atoms with Crippen LogP contribution in [0.2, 0.25) is 0 Å². The molecule has 0 radical (unpaired) electrons. The Morgan fingerprint density at radius 1 is 1.04 bits per heavy atom. The summed E-state index contributed by atoms with van der Waals surface area (Å²) >= 11 is 0. The number of amides is 3. The number of rotatable bonds is 11. The molecule has 0 unspecified atom stereocenters. The van der Waals surface area contributed by atoms with Crippen molar-refractivity contribution in [3.05, 3.63) is 106 Å². The van der Waals surface area contributed by atoms with Crippen LogP contribution in [0.5, 0.6) is 11.5 Å². The number of aryl methyl sites for hydroxylation is 1. The van der Waals surface area contributed by atoms with E-state index >= 15 is 0 Å². The van der Waals surface area contributed by atoms with Gasteiger partial charge in [0.2, 0.25) is 0 Å². The van der Waals surface area contributed by atoms with E-state index < -0.39 is 23.9 Å². The van der Waals surface area contributed by atoms with Crippen LogP contribution in [0, 0.1) is 6.92 Å². The number of nitrogens with zero attached hydrogens (tertiary/aromatic N) is 2. The molecular formula is C34H35N5O6. The van der Waals surface area contributed by atoms with Crippen LogP contribution in [0.25, 0.3) is 10.9 Å². The van der Waals surface area contributed by atoms with Gasteiger partial charge in [-0.1, -0.05) is 54.1 Å². The van der Waals surface area contributed by atoms with E-state index in [9.17, 15) is 14.4 Å². The maximum Gasteiger partial charge on any atom is 0.338 e. The Hall–Kier alpha value is -5.58. The maximum absolute atomic E-state index is 12.6. The normalized spacial score (nSPS) is 14.7. The molecule has 11 heteroatoms. The van der Waals surface area contributed by atoms with Gasteiger partial charge < -0.3 is 29.4 Å². The number of urea groups is 1. The zero-order chi connectivity index (χ0) is 31.9. The Morgan fingerprint density at radius 2 is 1.87 bits per heavy atom. The van der Waals surface area contributed by atoms with Gasteiger partial charge in [-0.25, -0.2) is 15.0 Å². The van der Waals surface area contributed by atoms with Gasteiger partial charge in [-0.2, -0.15) is 5.10 Å². The molecule has 3 aromatic carbocycles. The molecule has 1 aliphatic rings. The Labute approximate surface area is 260 Å². The van der Waals surface area contributed by atoms with Crippen LogP contribution in [-0.2, 0) is 20.9 Å². The quantitative estimate of drug-likeness (QED) is 0.128. The highest BCUT2D eigenvalue weighted by Gasteiger charge is 2.32. The Bertz CT molecular complexity index is 1810. The molecular weight excluding hydrogens is 574 g/mol. The van der Waals surface area contributed by atoms with Gasteiger partial charge in [0.05, 0.1) is 31.5 Å².